The van der Waals surface area contributed by atoms with E-state index < -0.39 is 11.0 Å². The van der Waals surface area contributed by atoms with E-state index in [0.717, 1.165) is 17.5 Å². The maximum Gasteiger partial charge on any atom is 0.269 e. The summed E-state index contributed by atoms with van der Waals surface area (Å²) in [6.07, 6.45) is 1.31. The van der Waals surface area contributed by atoms with Crippen molar-refractivity contribution in [3.8, 4) is 5.75 Å². The van der Waals surface area contributed by atoms with Crippen LogP contribution in [0.15, 0.2) is 48.5 Å². The van der Waals surface area contributed by atoms with Crippen LogP contribution < -0.4 is 10.1 Å². The second-order valence-electron chi connectivity index (χ2n) is 7.50. The third kappa shape index (κ3) is 8.09. The zero-order chi connectivity index (χ0) is 24.2. The van der Waals surface area contributed by atoms with Crippen molar-refractivity contribution < 1.29 is 19.2 Å². The van der Waals surface area contributed by atoms with Crippen LogP contribution in [0.25, 0.3) is 0 Å². The molecule has 0 radical (unpaired) electrons. The molecular formula is C24H31N3O5S. The van der Waals surface area contributed by atoms with Crippen molar-refractivity contribution in [3.05, 3.63) is 69.8 Å². The minimum Gasteiger partial charge on any atom is -0.497 e. The number of thioether (sulfide) groups is 1. The van der Waals surface area contributed by atoms with E-state index in [1.165, 1.54) is 23.9 Å². The molecule has 33 heavy (non-hydrogen) atoms. The van der Waals surface area contributed by atoms with Gasteiger partial charge in [0.2, 0.25) is 11.8 Å². The summed E-state index contributed by atoms with van der Waals surface area (Å²) in [5.41, 5.74) is 1.81. The summed E-state index contributed by atoms with van der Waals surface area (Å²) in [6, 6.07) is 13.2. The number of ether oxygens (including phenoxy) is 1. The molecule has 178 valence electrons. The van der Waals surface area contributed by atoms with Crippen molar-refractivity contribution in [1.82, 2.24) is 10.2 Å². The van der Waals surface area contributed by atoms with Gasteiger partial charge in [-0.1, -0.05) is 38.1 Å². The molecule has 8 nitrogen and oxygen atoms in total. The number of methoxy groups -OCH3 is 1. The van der Waals surface area contributed by atoms with E-state index in [4.69, 9.17) is 4.74 Å². The largest absolute Gasteiger partial charge is 0.497 e. The van der Waals surface area contributed by atoms with Gasteiger partial charge in [-0.3, -0.25) is 19.7 Å². The first kappa shape index (κ1) is 26.2. The Morgan fingerprint density at radius 1 is 1.15 bits per heavy atom. The second-order valence-corrected chi connectivity index (χ2v) is 8.49. The summed E-state index contributed by atoms with van der Waals surface area (Å²) in [7, 11) is 1.59. The first-order valence-corrected chi connectivity index (χ1v) is 12.1. The lowest BCUT2D eigenvalue weighted by molar-refractivity contribution is -0.384. The molecule has 2 amide bonds. The summed E-state index contributed by atoms with van der Waals surface area (Å²) in [4.78, 5) is 38.0. The maximum absolute atomic E-state index is 13.2. The lowest BCUT2D eigenvalue weighted by Gasteiger charge is -2.30. The third-order valence-electron chi connectivity index (χ3n) is 5.06. The molecule has 0 saturated carbocycles. The fourth-order valence-electron chi connectivity index (χ4n) is 3.31. The molecule has 0 unspecified atom stereocenters. The Morgan fingerprint density at radius 2 is 1.88 bits per heavy atom. The average molecular weight is 474 g/mol. The van der Waals surface area contributed by atoms with Gasteiger partial charge in [-0.25, -0.2) is 0 Å². The number of non-ortho nitro benzene ring substituents is 1. The lowest BCUT2D eigenvalue weighted by atomic mass is 10.1. The van der Waals surface area contributed by atoms with E-state index in [0.29, 0.717) is 31.0 Å². The first-order valence-electron chi connectivity index (χ1n) is 10.9. The van der Waals surface area contributed by atoms with E-state index in [2.05, 4.69) is 5.32 Å². The van der Waals surface area contributed by atoms with E-state index in [1.54, 1.807) is 24.1 Å². The molecular weight excluding hydrogens is 442 g/mol. The highest BCUT2D eigenvalue weighted by atomic mass is 32.2. The van der Waals surface area contributed by atoms with Crippen LogP contribution >= 0.6 is 11.8 Å². The highest BCUT2D eigenvalue weighted by Crippen LogP contribution is 2.20. The van der Waals surface area contributed by atoms with Gasteiger partial charge in [-0.05, 0) is 36.1 Å². The number of carbonyl (C=O) groups is 2. The summed E-state index contributed by atoms with van der Waals surface area (Å²) in [6.45, 7) is 4.74. The molecule has 1 atom stereocenters. The zero-order valence-electron chi connectivity index (χ0n) is 19.3. The number of nitrogens with zero attached hydrogens (tertiary/aromatic N) is 2. The van der Waals surface area contributed by atoms with Crippen molar-refractivity contribution >= 4 is 29.3 Å². The van der Waals surface area contributed by atoms with E-state index in [-0.39, 0.29) is 23.3 Å². The molecule has 0 spiro atoms. The Balaban J connectivity index is 2.11. The van der Waals surface area contributed by atoms with Gasteiger partial charge in [0.25, 0.3) is 5.69 Å². The number of nitro groups is 1. The normalized spacial score (nSPS) is 11.5. The Kier molecular flexibility index (Phi) is 10.7. The summed E-state index contributed by atoms with van der Waals surface area (Å²) in [5, 5.41) is 13.7. The van der Waals surface area contributed by atoms with Gasteiger partial charge in [-0.2, -0.15) is 0 Å². The number of amides is 2. The molecule has 0 aliphatic carbocycles. The van der Waals surface area contributed by atoms with Crippen LogP contribution in [0.5, 0.6) is 5.75 Å². The molecule has 0 bridgehead atoms. The molecule has 1 N–H and O–H groups in total. The molecule has 0 fully saturated rings. The Hall–Kier alpha value is -3.07. The van der Waals surface area contributed by atoms with Gasteiger partial charge in [-0.15, -0.1) is 11.8 Å². The van der Waals surface area contributed by atoms with Crippen LogP contribution in [0.1, 0.15) is 37.8 Å². The number of hydrogen-bond acceptors (Lipinski definition) is 6. The number of carbonyl (C=O) groups excluding carboxylic acids is 2. The number of rotatable bonds is 13. The second kappa shape index (κ2) is 13.5. The maximum atomic E-state index is 13.2. The van der Waals surface area contributed by atoms with Crippen LogP contribution in [0.4, 0.5) is 5.69 Å². The van der Waals surface area contributed by atoms with Crippen LogP contribution in [-0.2, 0) is 21.9 Å². The lowest BCUT2D eigenvalue weighted by Crippen LogP contribution is -2.49. The van der Waals surface area contributed by atoms with Crippen LogP contribution in [0, 0.1) is 10.1 Å². The molecule has 2 aromatic carbocycles. The summed E-state index contributed by atoms with van der Waals surface area (Å²) >= 11 is 1.42. The van der Waals surface area contributed by atoms with Crippen LogP contribution in [0.2, 0.25) is 0 Å². The summed E-state index contributed by atoms with van der Waals surface area (Å²) in [5.74, 6) is 1.13. The Labute approximate surface area is 198 Å². The van der Waals surface area contributed by atoms with Gasteiger partial charge in [0, 0.05) is 31.0 Å². The quantitative estimate of drug-likeness (QED) is 0.346. The van der Waals surface area contributed by atoms with Crippen LogP contribution in [-0.4, -0.2) is 47.1 Å². The summed E-state index contributed by atoms with van der Waals surface area (Å²) < 4.78 is 5.29. The molecule has 2 rings (SSSR count). The molecule has 0 aliphatic rings. The SMILES string of the molecule is CCCNC(=O)[C@H](CC)N(Cc1cccc(OC)c1)C(=O)CSCc1ccc([N+](=O)[O-])cc1. The fraction of sp³-hybridized carbons (Fsp3) is 0.417. The van der Waals surface area contributed by atoms with Gasteiger partial charge in [0.05, 0.1) is 17.8 Å². The number of benzene rings is 2. The third-order valence-corrected chi connectivity index (χ3v) is 6.05. The molecule has 0 heterocycles. The molecule has 0 aliphatic heterocycles. The standard InChI is InChI=1S/C24H31N3O5S/c1-4-13-25-24(29)22(5-2)26(15-19-7-6-8-21(14-19)32-3)23(28)17-33-16-18-9-11-20(12-10-18)27(30)31/h6-12,14,22H,4-5,13,15-17H2,1-3H3,(H,25,29)/t22-/m0/s1. The van der Waals surface area contributed by atoms with Crippen molar-refractivity contribution in [2.45, 2.75) is 45.0 Å². The Bertz CT molecular complexity index is 936. The molecule has 0 aromatic heterocycles. The Morgan fingerprint density at radius 3 is 2.48 bits per heavy atom. The van der Waals surface area contributed by atoms with E-state index in [1.807, 2.05) is 38.1 Å². The molecule has 9 heteroatoms. The van der Waals surface area contributed by atoms with Crippen LogP contribution in [0.3, 0.4) is 0 Å². The molecule has 2 aromatic rings. The van der Waals surface area contributed by atoms with Gasteiger partial charge >= 0.3 is 0 Å². The highest BCUT2D eigenvalue weighted by Gasteiger charge is 2.28. The highest BCUT2D eigenvalue weighted by molar-refractivity contribution is 7.99. The monoisotopic (exact) mass is 473 g/mol. The first-order chi connectivity index (χ1) is 15.9. The van der Waals surface area contributed by atoms with Crippen molar-refractivity contribution in [2.24, 2.45) is 0 Å². The number of nitro benzene ring substituents is 1. The van der Waals surface area contributed by atoms with Crippen molar-refractivity contribution in [3.63, 3.8) is 0 Å². The van der Waals surface area contributed by atoms with Gasteiger partial charge < -0.3 is 15.0 Å². The predicted octanol–water partition coefficient (Wildman–Crippen LogP) is 4.17. The fourth-order valence-corrected chi connectivity index (χ4v) is 4.18. The molecule has 0 saturated heterocycles. The number of hydrogen-bond donors (Lipinski definition) is 1. The van der Waals surface area contributed by atoms with Gasteiger partial charge in [0.1, 0.15) is 11.8 Å². The minimum atomic E-state index is -0.574. The minimum absolute atomic E-state index is 0.0353. The average Bonchev–Trinajstić information content (AvgIpc) is 2.82. The van der Waals surface area contributed by atoms with Crippen molar-refractivity contribution in [1.29, 1.82) is 0 Å². The smallest absolute Gasteiger partial charge is 0.269 e. The van der Waals surface area contributed by atoms with Gasteiger partial charge in [0.15, 0.2) is 0 Å². The number of nitrogens with one attached hydrogen (secondary N) is 1. The topological polar surface area (TPSA) is 102 Å². The van der Waals surface area contributed by atoms with E-state index in [9.17, 15) is 19.7 Å². The van der Waals surface area contributed by atoms with Crippen molar-refractivity contribution in [2.75, 3.05) is 19.4 Å². The predicted molar refractivity (Wildman–Crippen MR) is 130 cm³/mol. The zero-order valence-corrected chi connectivity index (χ0v) is 20.1. The van der Waals surface area contributed by atoms with E-state index >= 15 is 0 Å².